The van der Waals surface area contributed by atoms with Crippen LogP contribution in [-0.2, 0) is 17.6 Å². The van der Waals surface area contributed by atoms with Crippen molar-refractivity contribution >= 4 is 34.4 Å². The number of fused-ring (bicyclic) bond motifs is 1. The van der Waals surface area contributed by atoms with E-state index in [-0.39, 0.29) is 57.8 Å². The number of aliphatic carboxylic acids is 1. The number of ether oxygens (including phenoxy) is 2. The van der Waals surface area contributed by atoms with Crippen LogP contribution in [0.3, 0.4) is 0 Å². The predicted octanol–water partition coefficient (Wildman–Crippen LogP) is 5.53. The number of aryl methyl sites for hydroxylation is 1. The lowest BCUT2D eigenvalue weighted by atomic mass is 9.93. The quantitative estimate of drug-likeness (QED) is 0.354. The molecular formula is C26H24ClF3N2O5. The molecule has 7 nitrogen and oxygen atoms in total. The number of hydrogen-bond donors (Lipinski definition) is 2. The van der Waals surface area contributed by atoms with Gasteiger partial charge in [-0.1, -0.05) is 24.6 Å². The standard InChI is InChI=1S/C26H24ClF3N2O5/c1-2-19-16(10-13-6-7-14(11-17(13)27)25(35)31-15-4-3-5-15)24(37-26(29)30)22-20(36-12-21(33)34)9-8-18(28)23(22)32-19/h6-9,11,15,26H,2-5,10,12H2,1H3,(H,31,35)(H,33,34). The van der Waals surface area contributed by atoms with E-state index in [0.29, 0.717) is 16.8 Å². The Labute approximate surface area is 215 Å². The number of hydrogen-bond acceptors (Lipinski definition) is 5. The van der Waals surface area contributed by atoms with Gasteiger partial charge in [0.05, 0.1) is 5.39 Å². The van der Waals surface area contributed by atoms with E-state index in [4.69, 9.17) is 26.2 Å². The highest BCUT2D eigenvalue weighted by Gasteiger charge is 2.25. The van der Waals surface area contributed by atoms with Crippen LogP contribution >= 0.6 is 11.6 Å². The Morgan fingerprint density at radius 3 is 2.59 bits per heavy atom. The summed E-state index contributed by atoms with van der Waals surface area (Å²) in [4.78, 5) is 27.9. The summed E-state index contributed by atoms with van der Waals surface area (Å²) in [6, 6.07) is 7.00. The average molecular weight is 537 g/mol. The molecule has 1 aromatic heterocycles. The number of carboxylic acid groups (broad SMARTS) is 1. The maximum absolute atomic E-state index is 14.7. The summed E-state index contributed by atoms with van der Waals surface area (Å²) in [7, 11) is 0. The summed E-state index contributed by atoms with van der Waals surface area (Å²) in [5, 5.41) is 11.9. The number of benzene rings is 2. The van der Waals surface area contributed by atoms with E-state index in [9.17, 15) is 22.8 Å². The molecule has 196 valence electrons. The third-order valence-corrected chi connectivity index (χ3v) is 6.55. The monoisotopic (exact) mass is 536 g/mol. The number of carbonyl (C=O) groups is 2. The molecule has 0 aliphatic heterocycles. The van der Waals surface area contributed by atoms with Gasteiger partial charge in [-0.15, -0.1) is 0 Å². The van der Waals surface area contributed by atoms with Gasteiger partial charge < -0.3 is 19.9 Å². The molecule has 2 N–H and O–H groups in total. The summed E-state index contributed by atoms with van der Waals surface area (Å²) in [5.41, 5.74) is 1.09. The predicted molar refractivity (Wildman–Crippen MR) is 130 cm³/mol. The third-order valence-electron chi connectivity index (χ3n) is 6.20. The summed E-state index contributed by atoms with van der Waals surface area (Å²) in [5.74, 6) is -2.91. The first-order valence-electron chi connectivity index (χ1n) is 11.7. The van der Waals surface area contributed by atoms with E-state index in [1.807, 2.05) is 0 Å². The number of amides is 1. The van der Waals surface area contributed by atoms with Crippen molar-refractivity contribution < 1.29 is 37.3 Å². The topological polar surface area (TPSA) is 97.8 Å². The Hall–Kier alpha value is -3.53. The van der Waals surface area contributed by atoms with Gasteiger partial charge in [-0.2, -0.15) is 8.78 Å². The number of alkyl halides is 2. The number of pyridine rings is 1. The van der Waals surface area contributed by atoms with Crippen molar-refractivity contribution in [1.82, 2.24) is 10.3 Å². The van der Waals surface area contributed by atoms with Crippen LogP contribution < -0.4 is 14.8 Å². The van der Waals surface area contributed by atoms with Crippen LogP contribution in [0.1, 0.15) is 53.4 Å². The fourth-order valence-corrected chi connectivity index (χ4v) is 4.41. The zero-order chi connectivity index (χ0) is 26.7. The first kappa shape index (κ1) is 26.5. The Morgan fingerprint density at radius 1 is 1.24 bits per heavy atom. The molecule has 3 aromatic rings. The van der Waals surface area contributed by atoms with Crippen LogP contribution in [0, 0.1) is 5.82 Å². The highest BCUT2D eigenvalue weighted by atomic mass is 35.5. The minimum absolute atomic E-state index is 0.0214. The molecule has 0 unspecified atom stereocenters. The summed E-state index contributed by atoms with van der Waals surface area (Å²) >= 11 is 6.48. The molecule has 4 rings (SSSR count). The van der Waals surface area contributed by atoms with Crippen molar-refractivity contribution in [3.8, 4) is 11.5 Å². The molecule has 1 fully saturated rings. The van der Waals surface area contributed by atoms with E-state index in [2.05, 4.69) is 10.3 Å². The highest BCUT2D eigenvalue weighted by molar-refractivity contribution is 6.31. The van der Waals surface area contributed by atoms with E-state index in [0.717, 1.165) is 31.4 Å². The van der Waals surface area contributed by atoms with Crippen LogP contribution in [0.5, 0.6) is 11.5 Å². The minimum atomic E-state index is -3.27. The zero-order valence-electron chi connectivity index (χ0n) is 19.8. The number of carboxylic acids is 1. The van der Waals surface area contributed by atoms with Gasteiger partial charge in [-0.25, -0.2) is 14.2 Å². The maximum Gasteiger partial charge on any atom is 0.387 e. The molecule has 1 saturated carbocycles. The van der Waals surface area contributed by atoms with Gasteiger partial charge in [0.25, 0.3) is 5.91 Å². The number of nitrogens with zero attached hydrogens (tertiary/aromatic N) is 1. The largest absolute Gasteiger partial charge is 0.481 e. The van der Waals surface area contributed by atoms with Gasteiger partial charge in [-0.05, 0) is 55.5 Å². The molecule has 2 aromatic carbocycles. The van der Waals surface area contributed by atoms with Crippen molar-refractivity contribution in [2.24, 2.45) is 0 Å². The van der Waals surface area contributed by atoms with Gasteiger partial charge in [0.15, 0.2) is 6.61 Å². The smallest absolute Gasteiger partial charge is 0.387 e. The number of aromatic nitrogens is 1. The second-order valence-electron chi connectivity index (χ2n) is 8.63. The molecular weight excluding hydrogens is 513 g/mol. The highest BCUT2D eigenvalue weighted by Crippen LogP contribution is 2.41. The molecule has 0 saturated heterocycles. The number of carbonyl (C=O) groups excluding carboxylic acids is 1. The number of halogens is 4. The maximum atomic E-state index is 14.7. The molecule has 11 heteroatoms. The number of rotatable bonds is 10. The molecule has 0 spiro atoms. The van der Waals surface area contributed by atoms with Gasteiger partial charge in [-0.3, -0.25) is 4.79 Å². The summed E-state index contributed by atoms with van der Waals surface area (Å²) in [6.45, 7) is -2.32. The Bertz CT molecular complexity index is 1350. The Morgan fingerprint density at radius 2 is 2.00 bits per heavy atom. The third kappa shape index (κ3) is 5.90. The Kier molecular flexibility index (Phi) is 8.06. The Balaban J connectivity index is 1.79. The summed E-state index contributed by atoms with van der Waals surface area (Å²) in [6.07, 6.45) is 3.16. The van der Waals surface area contributed by atoms with Crippen molar-refractivity contribution in [1.29, 1.82) is 0 Å². The van der Waals surface area contributed by atoms with Crippen molar-refractivity contribution in [3.63, 3.8) is 0 Å². The molecule has 0 radical (unpaired) electrons. The van der Waals surface area contributed by atoms with Gasteiger partial charge >= 0.3 is 12.6 Å². The van der Waals surface area contributed by atoms with E-state index in [1.54, 1.807) is 19.1 Å². The molecule has 0 atom stereocenters. The van der Waals surface area contributed by atoms with Crippen LogP contribution in [0.2, 0.25) is 5.02 Å². The van der Waals surface area contributed by atoms with E-state index in [1.165, 1.54) is 6.07 Å². The van der Waals surface area contributed by atoms with Crippen LogP contribution in [0.25, 0.3) is 10.9 Å². The second-order valence-corrected chi connectivity index (χ2v) is 9.04. The lowest BCUT2D eigenvalue weighted by molar-refractivity contribution is -0.139. The molecule has 1 amide bonds. The van der Waals surface area contributed by atoms with Gasteiger partial charge in [0, 0.05) is 34.3 Å². The van der Waals surface area contributed by atoms with Crippen molar-refractivity contribution in [3.05, 3.63) is 63.6 Å². The van der Waals surface area contributed by atoms with Crippen LogP contribution in [-0.4, -0.2) is 41.2 Å². The molecule has 37 heavy (non-hydrogen) atoms. The fourth-order valence-electron chi connectivity index (χ4n) is 4.16. The first-order chi connectivity index (χ1) is 17.7. The van der Waals surface area contributed by atoms with E-state index < -0.39 is 25.0 Å². The summed E-state index contributed by atoms with van der Waals surface area (Å²) < 4.78 is 52.0. The van der Waals surface area contributed by atoms with Gasteiger partial charge in [0.2, 0.25) is 0 Å². The molecule has 1 aliphatic carbocycles. The van der Waals surface area contributed by atoms with Crippen LogP contribution in [0.15, 0.2) is 30.3 Å². The molecule has 1 aliphatic rings. The van der Waals surface area contributed by atoms with E-state index >= 15 is 0 Å². The lowest BCUT2D eigenvalue weighted by Gasteiger charge is -2.26. The number of nitrogens with one attached hydrogen (secondary N) is 1. The molecule has 1 heterocycles. The van der Waals surface area contributed by atoms with Crippen LogP contribution in [0.4, 0.5) is 13.2 Å². The minimum Gasteiger partial charge on any atom is -0.481 e. The first-order valence-corrected chi connectivity index (χ1v) is 12.1. The molecule has 0 bridgehead atoms. The van der Waals surface area contributed by atoms with Crippen molar-refractivity contribution in [2.45, 2.75) is 51.7 Å². The SMILES string of the molecule is CCc1nc2c(F)ccc(OCC(=O)O)c2c(OC(F)F)c1Cc1ccc(C(=O)NC2CCC2)cc1Cl. The normalized spacial score (nSPS) is 13.5. The zero-order valence-corrected chi connectivity index (χ0v) is 20.6. The van der Waals surface area contributed by atoms with Crippen molar-refractivity contribution in [2.75, 3.05) is 6.61 Å². The van der Waals surface area contributed by atoms with Gasteiger partial charge in [0.1, 0.15) is 22.8 Å². The average Bonchev–Trinajstić information content (AvgIpc) is 2.82. The lowest BCUT2D eigenvalue weighted by Crippen LogP contribution is -2.39. The second kappa shape index (κ2) is 11.2. The fraction of sp³-hybridized carbons (Fsp3) is 0.346.